The van der Waals surface area contributed by atoms with Crippen LogP contribution < -0.4 is 10.6 Å². The molecule has 1 aromatic heterocycles. The highest BCUT2D eigenvalue weighted by Gasteiger charge is 2.08. The van der Waals surface area contributed by atoms with Gasteiger partial charge in [0.05, 0.1) is 6.61 Å². The summed E-state index contributed by atoms with van der Waals surface area (Å²) in [7, 11) is 1.69. The van der Waals surface area contributed by atoms with Gasteiger partial charge in [0.25, 0.3) is 0 Å². The van der Waals surface area contributed by atoms with E-state index in [1.54, 1.807) is 13.3 Å². The van der Waals surface area contributed by atoms with Crippen LogP contribution in [0.3, 0.4) is 0 Å². The standard InChI is InChI=1S/C13H21N3O/c1-4-7-16(8-9-17-3)13-10-12(11(2)14)5-6-15-13/h4-6,10-11H,1,7-9,14H2,2-3H3/t11-/m1/s1. The van der Waals surface area contributed by atoms with Crippen LogP contribution in [0.1, 0.15) is 18.5 Å². The van der Waals surface area contributed by atoms with Crippen molar-refractivity contribution in [3.8, 4) is 0 Å². The summed E-state index contributed by atoms with van der Waals surface area (Å²) in [6.07, 6.45) is 3.65. The number of nitrogens with zero attached hydrogens (tertiary/aromatic N) is 2. The predicted molar refractivity (Wildman–Crippen MR) is 71.1 cm³/mol. The molecule has 0 amide bonds. The summed E-state index contributed by atoms with van der Waals surface area (Å²) in [4.78, 5) is 6.47. The van der Waals surface area contributed by atoms with Crippen molar-refractivity contribution in [3.63, 3.8) is 0 Å². The lowest BCUT2D eigenvalue weighted by Crippen LogP contribution is -2.28. The zero-order chi connectivity index (χ0) is 12.7. The summed E-state index contributed by atoms with van der Waals surface area (Å²) in [6, 6.07) is 3.98. The van der Waals surface area contributed by atoms with E-state index in [-0.39, 0.29) is 6.04 Å². The first-order valence-corrected chi connectivity index (χ1v) is 5.75. The first-order valence-electron chi connectivity index (χ1n) is 5.75. The minimum atomic E-state index is 0.0183. The molecular weight excluding hydrogens is 214 g/mol. The van der Waals surface area contributed by atoms with Crippen molar-refractivity contribution in [3.05, 3.63) is 36.5 Å². The summed E-state index contributed by atoms with van der Waals surface area (Å²) in [5.41, 5.74) is 6.95. The van der Waals surface area contributed by atoms with E-state index in [9.17, 15) is 0 Å². The fourth-order valence-electron chi connectivity index (χ4n) is 1.55. The molecular formula is C13H21N3O. The number of anilines is 1. The van der Waals surface area contributed by atoms with Crippen LogP contribution in [0.2, 0.25) is 0 Å². The van der Waals surface area contributed by atoms with Crippen molar-refractivity contribution in [1.82, 2.24) is 4.98 Å². The largest absolute Gasteiger partial charge is 0.383 e. The molecule has 0 radical (unpaired) electrons. The average Bonchev–Trinajstić information content (AvgIpc) is 2.34. The maximum absolute atomic E-state index is 5.87. The predicted octanol–water partition coefficient (Wildman–Crippen LogP) is 1.74. The van der Waals surface area contributed by atoms with E-state index in [1.165, 1.54) is 0 Å². The molecule has 0 aliphatic rings. The fraction of sp³-hybridized carbons (Fsp3) is 0.462. The second-order valence-corrected chi connectivity index (χ2v) is 3.96. The van der Waals surface area contributed by atoms with Crippen molar-refractivity contribution in [2.45, 2.75) is 13.0 Å². The van der Waals surface area contributed by atoms with Crippen molar-refractivity contribution in [1.29, 1.82) is 0 Å². The van der Waals surface area contributed by atoms with Gasteiger partial charge in [0.15, 0.2) is 0 Å². The van der Waals surface area contributed by atoms with E-state index in [2.05, 4.69) is 16.5 Å². The molecule has 1 rings (SSSR count). The molecule has 0 unspecified atom stereocenters. The third-order valence-electron chi connectivity index (χ3n) is 2.53. The van der Waals surface area contributed by atoms with Crippen LogP contribution >= 0.6 is 0 Å². The highest BCUT2D eigenvalue weighted by molar-refractivity contribution is 5.42. The SMILES string of the molecule is C=CCN(CCOC)c1cc([C@@H](C)N)ccn1. The number of rotatable bonds is 7. The summed E-state index contributed by atoms with van der Waals surface area (Å²) in [5, 5.41) is 0. The summed E-state index contributed by atoms with van der Waals surface area (Å²) in [5.74, 6) is 0.914. The Hall–Kier alpha value is -1.39. The number of hydrogen-bond acceptors (Lipinski definition) is 4. The number of methoxy groups -OCH3 is 1. The minimum Gasteiger partial charge on any atom is -0.383 e. The molecule has 0 aliphatic carbocycles. The third-order valence-corrected chi connectivity index (χ3v) is 2.53. The Morgan fingerprint density at radius 2 is 2.41 bits per heavy atom. The van der Waals surface area contributed by atoms with Crippen LogP contribution in [-0.2, 0) is 4.74 Å². The molecule has 2 N–H and O–H groups in total. The Balaban J connectivity index is 2.84. The van der Waals surface area contributed by atoms with Gasteiger partial charge in [0.2, 0.25) is 0 Å². The van der Waals surface area contributed by atoms with E-state index in [0.29, 0.717) is 6.61 Å². The van der Waals surface area contributed by atoms with Crippen molar-refractivity contribution in [2.24, 2.45) is 5.73 Å². The second kappa shape index (κ2) is 7.04. The molecule has 0 saturated heterocycles. The maximum Gasteiger partial charge on any atom is 0.129 e. The van der Waals surface area contributed by atoms with Crippen LogP contribution in [-0.4, -0.2) is 31.8 Å². The molecule has 0 saturated carbocycles. The van der Waals surface area contributed by atoms with Crippen LogP contribution in [0.25, 0.3) is 0 Å². The summed E-state index contributed by atoms with van der Waals surface area (Å²) < 4.78 is 5.09. The molecule has 1 aromatic rings. The summed E-state index contributed by atoms with van der Waals surface area (Å²) >= 11 is 0. The molecule has 94 valence electrons. The van der Waals surface area contributed by atoms with E-state index < -0.39 is 0 Å². The Kier molecular flexibility index (Phi) is 5.66. The van der Waals surface area contributed by atoms with Gasteiger partial charge in [-0.25, -0.2) is 4.98 Å². The second-order valence-electron chi connectivity index (χ2n) is 3.96. The number of ether oxygens (including phenoxy) is 1. The molecule has 1 atom stereocenters. The number of pyridine rings is 1. The zero-order valence-corrected chi connectivity index (χ0v) is 10.6. The first-order chi connectivity index (χ1) is 8.19. The van der Waals surface area contributed by atoms with E-state index in [1.807, 2.05) is 25.1 Å². The molecule has 0 aromatic carbocycles. The van der Waals surface area contributed by atoms with Gasteiger partial charge < -0.3 is 15.4 Å². The summed E-state index contributed by atoms with van der Waals surface area (Å²) in [6.45, 7) is 7.92. The van der Waals surface area contributed by atoms with E-state index >= 15 is 0 Å². The number of aromatic nitrogens is 1. The molecule has 4 heteroatoms. The molecule has 0 fully saturated rings. The van der Waals surface area contributed by atoms with Gasteiger partial charge in [-0.1, -0.05) is 6.08 Å². The molecule has 4 nitrogen and oxygen atoms in total. The van der Waals surface area contributed by atoms with Crippen molar-refractivity contribution >= 4 is 5.82 Å². The third kappa shape index (κ3) is 4.17. The maximum atomic E-state index is 5.87. The monoisotopic (exact) mass is 235 g/mol. The molecule has 17 heavy (non-hydrogen) atoms. The topological polar surface area (TPSA) is 51.4 Å². The van der Waals surface area contributed by atoms with Crippen LogP contribution in [0.15, 0.2) is 31.0 Å². The zero-order valence-electron chi connectivity index (χ0n) is 10.6. The van der Waals surface area contributed by atoms with Gasteiger partial charge in [-0.15, -0.1) is 6.58 Å². The molecule has 0 spiro atoms. The molecule has 0 bridgehead atoms. The highest BCUT2D eigenvalue weighted by atomic mass is 16.5. The Bertz CT molecular complexity index is 352. The van der Waals surface area contributed by atoms with Gasteiger partial charge in [0, 0.05) is 32.4 Å². The number of nitrogens with two attached hydrogens (primary N) is 1. The van der Waals surface area contributed by atoms with Gasteiger partial charge in [-0.3, -0.25) is 0 Å². The normalized spacial score (nSPS) is 12.2. The van der Waals surface area contributed by atoms with Crippen molar-refractivity contribution < 1.29 is 4.74 Å². The van der Waals surface area contributed by atoms with Gasteiger partial charge in [-0.05, 0) is 24.6 Å². The first kappa shape index (κ1) is 13.7. The molecule has 0 aliphatic heterocycles. The lowest BCUT2D eigenvalue weighted by atomic mass is 10.1. The molecule has 1 heterocycles. The van der Waals surface area contributed by atoms with Crippen molar-refractivity contribution in [2.75, 3.05) is 31.7 Å². The van der Waals surface area contributed by atoms with Gasteiger partial charge in [-0.2, -0.15) is 0 Å². The minimum absolute atomic E-state index is 0.0183. The lowest BCUT2D eigenvalue weighted by molar-refractivity contribution is 0.205. The van der Waals surface area contributed by atoms with E-state index in [4.69, 9.17) is 10.5 Å². The van der Waals surface area contributed by atoms with Crippen LogP contribution in [0, 0.1) is 0 Å². The fourth-order valence-corrected chi connectivity index (χ4v) is 1.55. The Morgan fingerprint density at radius 1 is 1.65 bits per heavy atom. The highest BCUT2D eigenvalue weighted by Crippen LogP contribution is 2.16. The van der Waals surface area contributed by atoms with Gasteiger partial charge >= 0.3 is 0 Å². The Labute approximate surface area is 103 Å². The lowest BCUT2D eigenvalue weighted by Gasteiger charge is -2.22. The Morgan fingerprint density at radius 3 is 3.00 bits per heavy atom. The van der Waals surface area contributed by atoms with Gasteiger partial charge in [0.1, 0.15) is 5.82 Å². The average molecular weight is 235 g/mol. The quantitative estimate of drug-likeness (QED) is 0.731. The smallest absolute Gasteiger partial charge is 0.129 e. The van der Waals surface area contributed by atoms with E-state index in [0.717, 1.165) is 24.5 Å². The van der Waals surface area contributed by atoms with Crippen LogP contribution in [0.4, 0.5) is 5.82 Å². The number of hydrogen-bond donors (Lipinski definition) is 1. The van der Waals surface area contributed by atoms with Crippen LogP contribution in [0.5, 0.6) is 0 Å².